The molecule has 0 bridgehead atoms. The molecule has 6 heteroatoms. The predicted molar refractivity (Wildman–Crippen MR) is 105 cm³/mol. The van der Waals surface area contributed by atoms with Crippen LogP contribution in [0.1, 0.15) is 11.3 Å². The SMILES string of the molecule is C=Cc1ccc(Nc2nccc(/C(=C/C(=C)OC)N=C)n2)cc1NC. The number of rotatable bonds is 8. The highest BCUT2D eigenvalue weighted by atomic mass is 16.5. The summed E-state index contributed by atoms with van der Waals surface area (Å²) >= 11 is 0. The van der Waals surface area contributed by atoms with E-state index in [-0.39, 0.29) is 0 Å². The molecule has 6 nitrogen and oxygen atoms in total. The number of aliphatic imine (C=N–C) groups is 1. The third-order valence-corrected chi connectivity index (χ3v) is 3.45. The lowest BCUT2D eigenvalue weighted by Crippen LogP contribution is -2.00. The zero-order chi connectivity index (χ0) is 18.2. The van der Waals surface area contributed by atoms with Crippen LogP contribution in [0.25, 0.3) is 11.8 Å². The van der Waals surface area contributed by atoms with Gasteiger partial charge in [0.25, 0.3) is 0 Å². The molecule has 0 fully saturated rings. The molecule has 0 aliphatic heterocycles. The lowest BCUT2D eigenvalue weighted by Gasteiger charge is -2.10. The minimum Gasteiger partial charge on any atom is -0.497 e. The van der Waals surface area contributed by atoms with Crippen LogP contribution in [-0.4, -0.2) is 30.8 Å². The Hall–Kier alpha value is -3.41. The molecule has 2 aromatic rings. The maximum Gasteiger partial charge on any atom is 0.227 e. The van der Waals surface area contributed by atoms with Crippen molar-refractivity contribution in [2.24, 2.45) is 4.99 Å². The lowest BCUT2D eigenvalue weighted by atomic mass is 10.1. The first-order chi connectivity index (χ1) is 12.1. The summed E-state index contributed by atoms with van der Waals surface area (Å²) in [5.74, 6) is 0.915. The van der Waals surface area contributed by atoms with Crippen LogP contribution in [0, 0.1) is 0 Å². The molecule has 0 saturated carbocycles. The third-order valence-electron chi connectivity index (χ3n) is 3.45. The second kappa shape index (κ2) is 8.44. The van der Waals surface area contributed by atoms with Crippen LogP contribution in [0.5, 0.6) is 0 Å². The molecule has 2 rings (SSSR count). The number of hydrogen-bond acceptors (Lipinski definition) is 6. The van der Waals surface area contributed by atoms with Gasteiger partial charge in [-0.2, -0.15) is 0 Å². The number of methoxy groups -OCH3 is 1. The van der Waals surface area contributed by atoms with Crippen molar-refractivity contribution < 1.29 is 4.74 Å². The monoisotopic (exact) mass is 335 g/mol. The maximum absolute atomic E-state index is 5.04. The van der Waals surface area contributed by atoms with Crippen molar-refractivity contribution in [1.29, 1.82) is 0 Å². The summed E-state index contributed by atoms with van der Waals surface area (Å²) in [5.41, 5.74) is 3.99. The Morgan fingerprint density at radius 3 is 2.76 bits per heavy atom. The second-order valence-corrected chi connectivity index (χ2v) is 5.00. The van der Waals surface area contributed by atoms with Crippen molar-refractivity contribution in [3.05, 3.63) is 66.7 Å². The molecule has 1 aromatic carbocycles. The Balaban J connectivity index is 2.30. The van der Waals surface area contributed by atoms with Gasteiger partial charge in [0.05, 0.1) is 18.5 Å². The average molecular weight is 335 g/mol. The van der Waals surface area contributed by atoms with Crippen LogP contribution in [0.4, 0.5) is 17.3 Å². The molecule has 0 aliphatic carbocycles. The quantitative estimate of drug-likeness (QED) is 0.431. The summed E-state index contributed by atoms with van der Waals surface area (Å²) in [7, 11) is 3.40. The largest absolute Gasteiger partial charge is 0.497 e. The Bertz CT molecular complexity index is 826. The normalized spacial score (nSPS) is 10.7. The van der Waals surface area contributed by atoms with Crippen LogP contribution in [0.3, 0.4) is 0 Å². The van der Waals surface area contributed by atoms with E-state index in [1.54, 1.807) is 31.5 Å². The summed E-state index contributed by atoms with van der Waals surface area (Å²) < 4.78 is 5.04. The fourth-order valence-corrected chi connectivity index (χ4v) is 2.13. The van der Waals surface area contributed by atoms with Gasteiger partial charge in [-0.05, 0) is 30.5 Å². The smallest absolute Gasteiger partial charge is 0.227 e. The van der Waals surface area contributed by atoms with Crippen LogP contribution < -0.4 is 10.6 Å². The molecule has 0 atom stereocenters. The van der Waals surface area contributed by atoms with E-state index in [4.69, 9.17) is 4.74 Å². The van der Waals surface area contributed by atoms with Crippen molar-refractivity contribution in [3.63, 3.8) is 0 Å². The number of nitrogens with one attached hydrogen (secondary N) is 2. The van der Waals surface area contributed by atoms with Gasteiger partial charge in [0.15, 0.2) is 0 Å². The van der Waals surface area contributed by atoms with E-state index in [0.29, 0.717) is 23.1 Å². The number of nitrogens with zero attached hydrogens (tertiary/aromatic N) is 3. The number of aromatic nitrogens is 2. The van der Waals surface area contributed by atoms with Gasteiger partial charge in [-0.15, -0.1) is 0 Å². The van der Waals surface area contributed by atoms with Gasteiger partial charge in [-0.3, -0.25) is 4.99 Å². The minimum atomic E-state index is 0.448. The number of benzene rings is 1. The first kappa shape index (κ1) is 17.9. The van der Waals surface area contributed by atoms with Gasteiger partial charge in [0, 0.05) is 30.7 Å². The molecule has 25 heavy (non-hydrogen) atoms. The molecule has 0 saturated heterocycles. The van der Waals surface area contributed by atoms with Gasteiger partial charge in [-0.25, -0.2) is 9.97 Å². The van der Waals surface area contributed by atoms with Crippen LogP contribution >= 0.6 is 0 Å². The van der Waals surface area contributed by atoms with Crippen LogP contribution in [-0.2, 0) is 4.74 Å². The van der Waals surface area contributed by atoms with Crippen molar-refractivity contribution >= 4 is 35.8 Å². The van der Waals surface area contributed by atoms with E-state index in [0.717, 1.165) is 16.9 Å². The average Bonchev–Trinajstić information content (AvgIpc) is 2.65. The third kappa shape index (κ3) is 4.54. The van der Waals surface area contributed by atoms with E-state index in [1.165, 1.54) is 0 Å². The highest BCUT2D eigenvalue weighted by molar-refractivity contribution is 5.72. The maximum atomic E-state index is 5.04. The van der Waals surface area contributed by atoms with E-state index in [9.17, 15) is 0 Å². The van der Waals surface area contributed by atoms with Gasteiger partial charge < -0.3 is 15.4 Å². The molecular formula is C19H21N5O. The zero-order valence-corrected chi connectivity index (χ0v) is 14.4. The highest BCUT2D eigenvalue weighted by Crippen LogP contribution is 2.24. The van der Waals surface area contributed by atoms with E-state index in [1.807, 2.05) is 25.2 Å². The Kier molecular flexibility index (Phi) is 6.06. The van der Waals surface area contributed by atoms with Crippen molar-refractivity contribution in [2.75, 3.05) is 24.8 Å². The second-order valence-electron chi connectivity index (χ2n) is 5.00. The summed E-state index contributed by atoms with van der Waals surface area (Å²) in [6, 6.07) is 7.60. The fraction of sp³-hybridized carbons (Fsp3) is 0.105. The Labute approximate surface area is 147 Å². The molecule has 1 aromatic heterocycles. The summed E-state index contributed by atoms with van der Waals surface area (Å²) in [6.07, 6.45) is 5.11. The number of ether oxygens (including phenoxy) is 1. The molecular weight excluding hydrogens is 314 g/mol. The predicted octanol–water partition coefficient (Wildman–Crippen LogP) is 4.11. The van der Waals surface area contributed by atoms with Gasteiger partial charge >= 0.3 is 0 Å². The standard InChI is InChI=1S/C19H21N5O/c1-6-14-7-8-15(12-17(14)20-3)23-19-22-10-9-16(24-19)18(21-4)11-13(2)25-5/h6-12,20H,1-2,4H2,3,5H3,(H,22,23,24)/b18-11-. The molecule has 0 unspecified atom stereocenters. The van der Waals surface area contributed by atoms with Crippen LogP contribution in [0.2, 0.25) is 0 Å². The topological polar surface area (TPSA) is 71.4 Å². The first-order valence-corrected chi connectivity index (χ1v) is 7.57. The summed E-state index contributed by atoms with van der Waals surface area (Å²) in [5, 5.41) is 6.31. The number of allylic oxidation sites excluding steroid dienone is 1. The number of hydrogen-bond donors (Lipinski definition) is 2. The number of anilines is 3. The van der Waals surface area contributed by atoms with E-state index in [2.05, 4.69) is 45.5 Å². The molecule has 0 aliphatic rings. The first-order valence-electron chi connectivity index (χ1n) is 7.57. The highest BCUT2D eigenvalue weighted by Gasteiger charge is 2.06. The molecule has 0 spiro atoms. The van der Waals surface area contributed by atoms with Crippen molar-refractivity contribution in [2.45, 2.75) is 0 Å². The van der Waals surface area contributed by atoms with E-state index < -0.39 is 0 Å². The zero-order valence-electron chi connectivity index (χ0n) is 14.4. The lowest BCUT2D eigenvalue weighted by molar-refractivity contribution is 0.309. The molecule has 2 N–H and O–H groups in total. The molecule has 1 heterocycles. The van der Waals surface area contributed by atoms with Gasteiger partial charge in [0.1, 0.15) is 5.76 Å². The fourth-order valence-electron chi connectivity index (χ4n) is 2.13. The summed E-state index contributed by atoms with van der Waals surface area (Å²) in [6.45, 7) is 11.1. The molecule has 0 radical (unpaired) electrons. The molecule has 0 amide bonds. The van der Waals surface area contributed by atoms with Crippen LogP contribution in [0.15, 0.2) is 60.4 Å². The minimum absolute atomic E-state index is 0.448. The van der Waals surface area contributed by atoms with Gasteiger partial charge in [0.2, 0.25) is 5.95 Å². The Morgan fingerprint density at radius 2 is 2.12 bits per heavy atom. The van der Waals surface area contributed by atoms with Gasteiger partial charge in [-0.1, -0.05) is 25.3 Å². The van der Waals surface area contributed by atoms with Crippen molar-refractivity contribution in [3.8, 4) is 0 Å². The van der Waals surface area contributed by atoms with E-state index >= 15 is 0 Å². The van der Waals surface area contributed by atoms with Crippen molar-refractivity contribution in [1.82, 2.24) is 9.97 Å². The Morgan fingerprint density at radius 1 is 1.32 bits per heavy atom. The summed E-state index contributed by atoms with van der Waals surface area (Å²) in [4.78, 5) is 12.7. The molecule has 128 valence electrons.